The maximum atomic E-state index is 2.49. The lowest BCUT2D eigenvalue weighted by molar-refractivity contribution is 0.530. The molecule has 2 aromatic carbocycles. The molecule has 0 aromatic heterocycles. The van der Waals surface area contributed by atoms with Crippen LogP contribution in [0.1, 0.15) is 116 Å². The maximum Gasteiger partial charge on any atom is 0.0212 e. The van der Waals surface area contributed by atoms with Crippen LogP contribution in [0.4, 0.5) is 0 Å². The van der Waals surface area contributed by atoms with Crippen molar-refractivity contribution in [2.24, 2.45) is 0 Å². The van der Waals surface area contributed by atoms with E-state index in [0.29, 0.717) is 0 Å². The zero-order valence-corrected chi connectivity index (χ0v) is 20.9. The third-order valence-corrected chi connectivity index (χ3v) is 6.21. The fourth-order valence-corrected chi connectivity index (χ4v) is 4.59. The molecule has 0 heterocycles. The first-order valence-corrected chi connectivity index (χ1v) is 11.1. The van der Waals surface area contributed by atoms with Gasteiger partial charge in [0.15, 0.2) is 0 Å². The van der Waals surface area contributed by atoms with Gasteiger partial charge in [0.1, 0.15) is 0 Å². The molecule has 1 aliphatic carbocycles. The summed E-state index contributed by atoms with van der Waals surface area (Å²) in [6.07, 6.45) is 2.41. The van der Waals surface area contributed by atoms with E-state index in [1.807, 2.05) is 0 Å². The van der Waals surface area contributed by atoms with E-state index < -0.39 is 0 Å². The van der Waals surface area contributed by atoms with Crippen LogP contribution >= 0.6 is 0 Å². The second-order valence-electron chi connectivity index (χ2n) is 13.1. The number of benzene rings is 2. The van der Waals surface area contributed by atoms with Crippen molar-refractivity contribution in [1.29, 1.82) is 0 Å². The van der Waals surface area contributed by atoms with Crippen LogP contribution in [0.15, 0.2) is 24.3 Å². The standard InChI is InChI=1S/C29H41/c1-26(2,3)22-14-18-13-19-15-23(27(4,5)6)25(29(10,11)12)17-21(19)20(18)16-24(22)28(7,8)9/h13-17H,1-12H3. The van der Waals surface area contributed by atoms with Crippen LogP contribution in [0.5, 0.6) is 0 Å². The van der Waals surface area contributed by atoms with Crippen molar-refractivity contribution in [2.45, 2.75) is 105 Å². The summed E-state index contributed by atoms with van der Waals surface area (Å²) in [7, 11) is 0. The van der Waals surface area contributed by atoms with E-state index in [4.69, 9.17) is 0 Å². The SMILES string of the molecule is CC(C)(C)c1cc2c(cc1C(C)(C)C)-c1cc(C(C)(C)C)c(C(C)(C)C)cc1[CH]2. The summed E-state index contributed by atoms with van der Waals surface area (Å²) in [4.78, 5) is 0. The summed E-state index contributed by atoms with van der Waals surface area (Å²) in [6.45, 7) is 28.0. The van der Waals surface area contributed by atoms with Gasteiger partial charge in [-0.3, -0.25) is 0 Å². The minimum atomic E-state index is 0.124. The highest BCUT2D eigenvalue weighted by atomic mass is 14.4. The average Bonchev–Trinajstić information content (AvgIpc) is 2.86. The van der Waals surface area contributed by atoms with Crippen molar-refractivity contribution in [3.63, 3.8) is 0 Å². The van der Waals surface area contributed by atoms with Crippen LogP contribution in [0.25, 0.3) is 11.1 Å². The number of hydrogen-bond acceptors (Lipinski definition) is 0. The van der Waals surface area contributed by atoms with Gasteiger partial charge < -0.3 is 0 Å². The Morgan fingerprint density at radius 1 is 0.379 bits per heavy atom. The van der Waals surface area contributed by atoms with Gasteiger partial charge in [0.05, 0.1) is 0 Å². The molecule has 0 aliphatic heterocycles. The Morgan fingerprint density at radius 3 is 0.862 bits per heavy atom. The van der Waals surface area contributed by atoms with Crippen molar-refractivity contribution in [1.82, 2.24) is 0 Å². The Labute approximate surface area is 180 Å². The van der Waals surface area contributed by atoms with Gasteiger partial charge in [-0.2, -0.15) is 0 Å². The molecule has 1 aliphatic rings. The highest BCUT2D eigenvalue weighted by molar-refractivity contribution is 5.83. The van der Waals surface area contributed by atoms with E-state index in [1.54, 1.807) is 0 Å². The Balaban J connectivity index is 2.32. The molecule has 0 unspecified atom stereocenters. The first-order valence-electron chi connectivity index (χ1n) is 11.1. The molecular formula is C29H41. The topological polar surface area (TPSA) is 0 Å². The van der Waals surface area contributed by atoms with E-state index in [1.165, 1.54) is 44.5 Å². The molecule has 0 atom stereocenters. The summed E-state index contributed by atoms with van der Waals surface area (Å²) in [5.74, 6) is 0. The average molecular weight is 390 g/mol. The molecule has 0 bridgehead atoms. The van der Waals surface area contributed by atoms with Crippen LogP contribution < -0.4 is 0 Å². The zero-order chi connectivity index (χ0) is 22.2. The molecule has 0 nitrogen and oxygen atoms in total. The molecule has 1 radical (unpaired) electrons. The summed E-state index contributed by atoms with van der Waals surface area (Å²) in [5, 5.41) is 0. The molecular weight excluding hydrogens is 348 g/mol. The summed E-state index contributed by atoms with van der Waals surface area (Å²) < 4.78 is 0. The number of fused-ring (bicyclic) bond motifs is 3. The van der Waals surface area contributed by atoms with Gasteiger partial charge in [0, 0.05) is 6.42 Å². The van der Waals surface area contributed by atoms with E-state index in [-0.39, 0.29) is 21.7 Å². The third kappa shape index (κ3) is 4.05. The van der Waals surface area contributed by atoms with E-state index in [0.717, 1.165) is 0 Å². The summed E-state index contributed by atoms with van der Waals surface area (Å²) in [5.41, 5.74) is 12.0. The normalized spacial score (nSPS) is 14.8. The van der Waals surface area contributed by atoms with E-state index in [9.17, 15) is 0 Å². The van der Waals surface area contributed by atoms with Gasteiger partial charge in [0.2, 0.25) is 0 Å². The highest BCUT2D eigenvalue weighted by Gasteiger charge is 2.32. The molecule has 2 aromatic rings. The lowest BCUT2D eigenvalue weighted by Crippen LogP contribution is -2.22. The van der Waals surface area contributed by atoms with Crippen LogP contribution in [0.2, 0.25) is 0 Å². The molecule has 0 spiro atoms. The maximum absolute atomic E-state index is 2.49. The lowest BCUT2D eigenvalue weighted by Gasteiger charge is -2.32. The van der Waals surface area contributed by atoms with Crippen LogP contribution in [0, 0.1) is 6.42 Å². The molecule has 0 fully saturated rings. The summed E-state index contributed by atoms with van der Waals surface area (Å²) in [6, 6.07) is 9.90. The monoisotopic (exact) mass is 389 g/mol. The van der Waals surface area contributed by atoms with Gasteiger partial charge in [-0.1, -0.05) is 107 Å². The van der Waals surface area contributed by atoms with Crippen molar-refractivity contribution in [2.75, 3.05) is 0 Å². The van der Waals surface area contributed by atoms with Crippen molar-refractivity contribution in [3.05, 3.63) is 64.1 Å². The predicted molar refractivity (Wildman–Crippen MR) is 129 cm³/mol. The Hall–Kier alpha value is -1.56. The molecule has 29 heavy (non-hydrogen) atoms. The quantitative estimate of drug-likeness (QED) is 0.362. The van der Waals surface area contributed by atoms with Gasteiger partial charge >= 0.3 is 0 Å². The van der Waals surface area contributed by atoms with Gasteiger partial charge in [-0.05, 0) is 66.2 Å². The first-order chi connectivity index (χ1) is 12.9. The highest BCUT2D eigenvalue weighted by Crippen LogP contribution is 2.47. The molecule has 157 valence electrons. The van der Waals surface area contributed by atoms with Gasteiger partial charge in [-0.15, -0.1) is 0 Å². The molecule has 3 rings (SSSR count). The summed E-state index contributed by atoms with van der Waals surface area (Å²) >= 11 is 0. The second-order valence-corrected chi connectivity index (χ2v) is 13.1. The van der Waals surface area contributed by atoms with Crippen LogP contribution in [-0.2, 0) is 21.7 Å². The molecule has 0 amide bonds. The number of rotatable bonds is 0. The fraction of sp³-hybridized carbons (Fsp3) is 0.552. The van der Waals surface area contributed by atoms with E-state index in [2.05, 4.69) is 114 Å². The Kier molecular flexibility index (Phi) is 4.94. The second kappa shape index (κ2) is 6.47. The number of hydrogen-bond donors (Lipinski definition) is 0. The smallest absolute Gasteiger partial charge is 0.0212 e. The first kappa shape index (κ1) is 22.1. The van der Waals surface area contributed by atoms with Crippen LogP contribution in [-0.4, -0.2) is 0 Å². The predicted octanol–water partition coefficient (Wildman–Crippen LogP) is 8.46. The van der Waals surface area contributed by atoms with Crippen molar-refractivity contribution < 1.29 is 0 Å². The Morgan fingerprint density at radius 2 is 0.621 bits per heavy atom. The van der Waals surface area contributed by atoms with Gasteiger partial charge in [0.25, 0.3) is 0 Å². The molecule has 0 saturated carbocycles. The minimum absolute atomic E-state index is 0.124. The molecule has 0 N–H and O–H groups in total. The largest absolute Gasteiger partial charge is 0.0561 e. The minimum Gasteiger partial charge on any atom is -0.0561 e. The fourth-order valence-electron chi connectivity index (χ4n) is 4.59. The van der Waals surface area contributed by atoms with Crippen molar-refractivity contribution in [3.8, 4) is 11.1 Å². The van der Waals surface area contributed by atoms with Crippen molar-refractivity contribution >= 4 is 0 Å². The zero-order valence-electron chi connectivity index (χ0n) is 20.9. The molecule has 0 heteroatoms. The lowest BCUT2D eigenvalue weighted by atomic mass is 9.73. The molecule has 0 saturated heterocycles. The van der Waals surface area contributed by atoms with Gasteiger partial charge in [-0.25, -0.2) is 0 Å². The third-order valence-electron chi connectivity index (χ3n) is 6.21. The van der Waals surface area contributed by atoms with Crippen LogP contribution in [0.3, 0.4) is 0 Å². The Bertz CT molecular complexity index is 862. The van der Waals surface area contributed by atoms with E-state index >= 15 is 0 Å².